The third kappa shape index (κ3) is 4.59. The molecule has 1 aliphatic heterocycles. The largest absolute Gasteiger partial charge is 0.377 e. The molecule has 0 aromatic heterocycles. The van der Waals surface area contributed by atoms with Crippen molar-refractivity contribution < 1.29 is 9.53 Å². The lowest BCUT2D eigenvalue weighted by Crippen LogP contribution is -2.46. The van der Waals surface area contributed by atoms with Gasteiger partial charge in [-0.15, -0.1) is 0 Å². The van der Waals surface area contributed by atoms with Crippen LogP contribution < -0.4 is 11.3 Å². The fraction of sp³-hybridized carbons (Fsp3) is 0.900. The van der Waals surface area contributed by atoms with E-state index < -0.39 is 0 Å². The van der Waals surface area contributed by atoms with Gasteiger partial charge in [0.25, 0.3) is 0 Å². The van der Waals surface area contributed by atoms with Crippen LogP contribution >= 0.6 is 0 Å². The highest BCUT2D eigenvalue weighted by Gasteiger charge is 2.21. The maximum atomic E-state index is 11.1. The fourth-order valence-corrected chi connectivity index (χ4v) is 1.83. The molecule has 1 saturated heterocycles. The Bertz CT molecular complexity index is 199. The molecular weight excluding hydrogens is 194 g/mol. The summed E-state index contributed by atoms with van der Waals surface area (Å²) in [6, 6.07) is 0. The van der Waals surface area contributed by atoms with Crippen molar-refractivity contribution in [1.29, 1.82) is 0 Å². The summed E-state index contributed by atoms with van der Waals surface area (Å²) in [5.74, 6) is 4.91. The number of likely N-dealkylation sites (tertiary alicyclic amines) is 1. The van der Waals surface area contributed by atoms with Gasteiger partial charge in [-0.25, -0.2) is 5.84 Å². The minimum Gasteiger partial charge on any atom is -0.377 e. The highest BCUT2D eigenvalue weighted by atomic mass is 16.5. The second-order valence-corrected chi connectivity index (χ2v) is 3.94. The van der Waals surface area contributed by atoms with Crippen molar-refractivity contribution in [2.75, 3.05) is 26.2 Å². The lowest BCUT2D eigenvalue weighted by atomic mass is 10.1. The van der Waals surface area contributed by atoms with Crippen LogP contribution in [0.2, 0.25) is 0 Å². The predicted octanol–water partition coefficient (Wildman–Crippen LogP) is -0.133. The maximum absolute atomic E-state index is 11.1. The smallest absolute Gasteiger partial charge is 0.248 e. The Morgan fingerprint density at radius 3 is 3.13 bits per heavy atom. The number of piperidine rings is 1. The first-order valence-electron chi connectivity index (χ1n) is 5.59. The summed E-state index contributed by atoms with van der Waals surface area (Å²) in [6.45, 7) is 5.08. The molecule has 1 heterocycles. The molecule has 3 N–H and O–H groups in total. The number of rotatable bonds is 5. The van der Waals surface area contributed by atoms with E-state index in [1.54, 1.807) is 0 Å². The summed E-state index contributed by atoms with van der Waals surface area (Å²) in [5.41, 5.74) is 2.15. The van der Waals surface area contributed by atoms with Gasteiger partial charge < -0.3 is 4.74 Å². The average Bonchev–Trinajstić information content (AvgIpc) is 2.26. The van der Waals surface area contributed by atoms with E-state index in [0.29, 0.717) is 6.54 Å². The summed E-state index contributed by atoms with van der Waals surface area (Å²) in [5, 5.41) is 0. The Morgan fingerprint density at radius 1 is 1.67 bits per heavy atom. The van der Waals surface area contributed by atoms with E-state index in [1.165, 1.54) is 0 Å². The Hall–Kier alpha value is -0.650. The molecule has 5 nitrogen and oxygen atoms in total. The van der Waals surface area contributed by atoms with Crippen LogP contribution in [0.3, 0.4) is 0 Å². The number of nitrogens with zero attached hydrogens (tertiary/aromatic N) is 1. The number of carbonyl (C=O) groups is 1. The molecule has 5 heteroatoms. The van der Waals surface area contributed by atoms with Crippen LogP contribution in [0, 0.1) is 0 Å². The highest BCUT2D eigenvalue weighted by Crippen LogP contribution is 2.12. The van der Waals surface area contributed by atoms with Gasteiger partial charge >= 0.3 is 0 Å². The lowest BCUT2D eigenvalue weighted by Gasteiger charge is -2.31. The number of hydrogen-bond acceptors (Lipinski definition) is 4. The number of ether oxygens (including phenoxy) is 1. The predicted molar refractivity (Wildman–Crippen MR) is 58.0 cm³/mol. The van der Waals surface area contributed by atoms with Crippen LogP contribution in [-0.2, 0) is 9.53 Å². The minimum atomic E-state index is -0.133. The Labute approximate surface area is 90.9 Å². The summed E-state index contributed by atoms with van der Waals surface area (Å²) < 4.78 is 5.67. The molecule has 1 aliphatic rings. The molecule has 88 valence electrons. The number of nitrogens with two attached hydrogens (primary N) is 1. The Kier molecular flexibility index (Phi) is 5.60. The van der Waals surface area contributed by atoms with Crippen molar-refractivity contribution in [3.8, 4) is 0 Å². The number of hydrazine groups is 1. The van der Waals surface area contributed by atoms with Crippen molar-refractivity contribution in [2.45, 2.75) is 32.3 Å². The van der Waals surface area contributed by atoms with Crippen molar-refractivity contribution >= 4 is 5.91 Å². The molecule has 0 bridgehead atoms. The third-order valence-electron chi connectivity index (χ3n) is 2.55. The fourth-order valence-electron chi connectivity index (χ4n) is 1.83. The molecule has 0 radical (unpaired) electrons. The number of carbonyl (C=O) groups excluding carboxylic acids is 1. The van der Waals surface area contributed by atoms with Gasteiger partial charge in [0, 0.05) is 13.2 Å². The van der Waals surface area contributed by atoms with Crippen LogP contribution in [0.4, 0.5) is 0 Å². The first kappa shape index (κ1) is 12.4. The SMILES string of the molecule is CCCOC1CCCN(CC(=O)NN)C1. The zero-order valence-electron chi connectivity index (χ0n) is 9.37. The Balaban J connectivity index is 2.25. The quantitative estimate of drug-likeness (QED) is 0.381. The molecule has 0 saturated carbocycles. The Morgan fingerprint density at radius 2 is 2.47 bits per heavy atom. The van der Waals surface area contributed by atoms with Gasteiger partial charge in [0.15, 0.2) is 0 Å². The van der Waals surface area contributed by atoms with Crippen molar-refractivity contribution in [3.05, 3.63) is 0 Å². The zero-order valence-corrected chi connectivity index (χ0v) is 9.37. The molecule has 0 aromatic carbocycles. The summed E-state index contributed by atoms with van der Waals surface area (Å²) in [4.78, 5) is 13.2. The van der Waals surface area contributed by atoms with Gasteiger partial charge in [0.2, 0.25) is 5.91 Å². The number of nitrogens with one attached hydrogen (secondary N) is 1. The standard InChI is InChI=1S/C10H21N3O2/c1-2-6-15-9-4-3-5-13(7-9)8-10(14)12-11/h9H,2-8,11H2,1H3,(H,12,14). The van der Waals surface area contributed by atoms with E-state index in [2.05, 4.69) is 17.2 Å². The van der Waals surface area contributed by atoms with E-state index in [-0.39, 0.29) is 12.0 Å². The maximum Gasteiger partial charge on any atom is 0.248 e. The van der Waals surface area contributed by atoms with Crippen molar-refractivity contribution in [1.82, 2.24) is 10.3 Å². The van der Waals surface area contributed by atoms with Gasteiger partial charge in [0.1, 0.15) is 0 Å². The van der Waals surface area contributed by atoms with Gasteiger partial charge in [-0.2, -0.15) is 0 Å². The van der Waals surface area contributed by atoms with E-state index >= 15 is 0 Å². The molecule has 15 heavy (non-hydrogen) atoms. The monoisotopic (exact) mass is 215 g/mol. The molecular formula is C10H21N3O2. The first-order chi connectivity index (χ1) is 7.26. The van der Waals surface area contributed by atoms with Crippen LogP contribution in [0.5, 0.6) is 0 Å². The molecule has 1 unspecified atom stereocenters. The number of hydrogen-bond donors (Lipinski definition) is 2. The second-order valence-electron chi connectivity index (χ2n) is 3.94. The first-order valence-corrected chi connectivity index (χ1v) is 5.59. The third-order valence-corrected chi connectivity index (χ3v) is 2.55. The van der Waals surface area contributed by atoms with E-state index in [9.17, 15) is 4.79 Å². The molecule has 0 aliphatic carbocycles. The van der Waals surface area contributed by atoms with Gasteiger partial charge in [-0.05, 0) is 25.8 Å². The number of amides is 1. The van der Waals surface area contributed by atoms with Crippen LogP contribution in [-0.4, -0.2) is 43.2 Å². The molecule has 1 atom stereocenters. The van der Waals surface area contributed by atoms with Gasteiger partial charge in [-0.3, -0.25) is 15.1 Å². The topological polar surface area (TPSA) is 67.6 Å². The van der Waals surface area contributed by atoms with Gasteiger partial charge in [0.05, 0.1) is 12.6 Å². The molecule has 1 amide bonds. The molecule has 0 aromatic rings. The van der Waals surface area contributed by atoms with Crippen molar-refractivity contribution in [3.63, 3.8) is 0 Å². The summed E-state index contributed by atoms with van der Waals surface area (Å²) >= 11 is 0. The molecule has 1 fully saturated rings. The van der Waals surface area contributed by atoms with Crippen molar-refractivity contribution in [2.24, 2.45) is 5.84 Å². The summed E-state index contributed by atoms with van der Waals surface area (Å²) in [7, 11) is 0. The second kappa shape index (κ2) is 6.76. The molecule has 1 rings (SSSR count). The normalized spacial score (nSPS) is 22.7. The zero-order chi connectivity index (χ0) is 11.1. The lowest BCUT2D eigenvalue weighted by molar-refractivity contribution is -0.123. The van der Waals surface area contributed by atoms with Crippen LogP contribution in [0.1, 0.15) is 26.2 Å². The van der Waals surface area contributed by atoms with E-state index in [4.69, 9.17) is 10.6 Å². The van der Waals surface area contributed by atoms with E-state index in [0.717, 1.165) is 39.0 Å². The summed E-state index contributed by atoms with van der Waals surface area (Å²) in [6.07, 6.45) is 3.51. The van der Waals surface area contributed by atoms with Crippen LogP contribution in [0.25, 0.3) is 0 Å². The van der Waals surface area contributed by atoms with Gasteiger partial charge in [-0.1, -0.05) is 6.92 Å². The molecule has 0 spiro atoms. The highest BCUT2D eigenvalue weighted by molar-refractivity contribution is 5.77. The average molecular weight is 215 g/mol. The minimum absolute atomic E-state index is 0.133. The van der Waals surface area contributed by atoms with E-state index in [1.807, 2.05) is 0 Å². The van der Waals surface area contributed by atoms with Crippen LogP contribution in [0.15, 0.2) is 0 Å².